The zero-order valence-corrected chi connectivity index (χ0v) is 11.4. The fourth-order valence-electron chi connectivity index (χ4n) is 4.48. The van der Waals surface area contributed by atoms with Crippen LogP contribution in [-0.4, -0.2) is 36.1 Å². The second-order valence-electron chi connectivity index (χ2n) is 6.32. The molecule has 2 aliphatic carbocycles. The van der Waals surface area contributed by atoms with Gasteiger partial charge in [0.05, 0.1) is 0 Å². The highest BCUT2D eigenvalue weighted by Crippen LogP contribution is 2.46. The van der Waals surface area contributed by atoms with Crippen molar-refractivity contribution >= 4 is 5.97 Å². The molecule has 1 saturated heterocycles. The summed E-state index contributed by atoms with van der Waals surface area (Å²) in [6.07, 6.45) is 9.45. The molecule has 18 heavy (non-hydrogen) atoms. The minimum atomic E-state index is -0.0869. The molecule has 0 radical (unpaired) electrons. The molecule has 1 aliphatic heterocycles. The molecule has 3 aliphatic rings. The van der Waals surface area contributed by atoms with Gasteiger partial charge in [0.1, 0.15) is 6.10 Å². The van der Waals surface area contributed by atoms with Gasteiger partial charge in [-0.05, 0) is 57.5 Å². The number of hydrogen-bond acceptors (Lipinski definition) is 3. The van der Waals surface area contributed by atoms with Crippen molar-refractivity contribution in [2.45, 2.75) is 64.0 Å². The van der Waals surface area contributed by atoms with Gasteiger partial charge in [0.25, 0.3) is 0 Å². The monoisotopic (exact) mass is 251 g/mol. The number of ether oxygens (including phenoxy) is 1. The first-order valence-electron chi connectivity index (χ1n) is 7.67. The quantitative estimate of drug-likeness (QED) is 0.707. The van der Waals surface area contributed by atoms with E-state index in [0.29, 0.717) is 17.9 Å². The zero-order valence-electron chi connectivity index (χ0n) is 11.4. The Kier molecular flexibility index (Phi) is 3.60. The highest BCUT2D eigenvalue weighted by atomic mass is 16.5. The van der Waals surface area contributed by atoms with Crippen molar-refractivity contribution in [3.05, 3.63) is 0 Å². The van der Waals surface area contributed by atoms with Crippen LogP contribution in [0.15, 0.2) is 0 Å². The lowest BCUT2D eigenvalue weighted by molar-refractivity contribution is -0.154. The summed E-state index contributed by atoms with van der Waals surface area (Å²) in [5.74, 6) is 1.18. The minimum Gasteiger partial charge on any atom is -0.462 e. The van der Waals surface area contributed by atoms with E-state index < -0.39 is 0 Å². The Balaban J connectivity index is 1.70. The number of hydrogen-bond donors (Lipinski definition) is 0. The van der Waals surface area contributed by atoms with Crippen molar-refractivity contribution in [3.8, 4) is 0 Å². The van der Waals surface area contributed by atoms with E-state index in [1.54, 1.807) is 6.92 Å². The first-order chi connectivity index (χ1) is 8.75. The number of rotatable bonds is 2. The molecular weight excluding hydrogens is 226 g/mol. The average Bonchev–Trinajstić information content (AvgIpc) is 2.62. The van der Waals surface area contributed by atoms with Gasteiger partial charge in [-0.3, -0.25) is 9.69 Å². The third kappa shape index (κ3) is 2.29. The highest BCUT2D eigenvalue weighted by Gasteiger charge is 2.47. The normalized spacial score (nSPS) is 40.7. The number of carbonyl (C=O) groups excluding carboxylic acids is 1. The molecule has 0 spiro atoms. The van der Waals surface area contributed by atoms with Gasteiger partial charge in [-0.1, -0.05) is 6.42 Å². The third-order valence-corrected chi connectivity index (χ3v) is 5.25. The van der Waals surface area contributed by atoms with Gasteiger partial charge < -0.3 is 4.74 Å². The lowest BCUT2D eigenvalue weighted by Crippen LogP contribution is -2.49. The zero-order chi connectivity index (χ0) is 12.5. The summed E-state index contributed by atoms with van der Waals surface area (Å²) in [4.78, 5) is 14.0. The van der Waals surface area contributed by atoms with Crippen molar-refractivity contribution in [2.24, 2.45) is 11.8 Å². The number of esters is 1. The van der Waals surface area contributed by atoms with Crippen LogP contribution in [0.4, 0.5) is 0 Å². The largest absolute Gasteiger partial charge is 0.462 e. The molecule has 0 unspecified atom stereocenters. The van der Waals surface area contributed by atoms with Gasteiger partial charge in [0.2, 0.25) is 0 Å². The van der Waals surface area contributed by atoms with Gasteiger partial charge in [0.15, 0.2) is 0 Å². The van der Waals surface area contributed by atoms with E-state index in [9.17, 15) is 4.79 Å². The molecule has 0 N–H and O–H groups in total. The third-order valence-electron chi connectivity index (χ3n) is 5.25. The summed E-state index contributed by atoms with van der Waals surface area (Å²) in [7, 11) is 0. The standard InChI is InChI=1S/C15H25NO2/c1-11(17)18-15-12-5-7-13(15)14(8-6-12)16-9-3-2-4-10-16/h12-15H,2-10H2,1H3/t12-,13-,14+,15+/m0/s1. The predicted molar refractivity (Wildman–Crippen MR) is 70.2 cm³/mol. The van der Waals surface area contributed by atoms with E-state index in [0.717, 1.165) is 0 Å². The molecule has 2 bridgehead atoms. The predicted octanol–water partition coefficient (Wildman–Crippen LogP) is 2.59. The smallest absolute Gasteiger partial charge is 0.302 e. The van der Waals surface area contributed by atoms with Crippen LogP contribution in [-0.2, 0) is 9.53 Å². The van der Waals surface area contributed by atoms with Gasteiger partial charge in [-0.25, -0.2) is 0 Å². The van der Waals surface area contributed by atoms with Crippen molar-refractivity contribution < 1.29 is 9.53 Å². The van der Waals surface area contributed by atoms with Crippen LogP contribution >= 0.6 is 0 Å². The Labute approximate surface area is 110 Å². The molecule has 2 saturated carbocycles. The molecule has 3 heteroatoms. The second kappa shape index (κ2) is 5.20. The van der Waals surface area contributed by atoms with Crippen LogP contribution in [0.5, 0.6) is 0 Å². The van der Waals surface area contributed by atoms with E-state index >= 15 is 0 Å². The molecule has 3 rings (SSSR count). The van der Waals surface area contributed by atoms with Gasteiger partial charge >= 0.3 is 5.97 Å². The molecular formula is C15H25NO2. The molecule has 0 aromatic heterocycles. The van der Waals surface area contributed by atoms with Crippen LogP contribution < -0.4 is 0 Å². The van der Waals surface area contributed by atoms with E-state index in [4.69, 9.17) is 4.74 Å². The van der Waals surface area contributed by atoms with Crippen molar-refractivity contribution in [1.29, 1.82) is 0 Å². The fourth-order valence-corrected chi connectivity index (χ4v) is 4.48. The van der Waals surface area contributed by atoms with Crippen LogP contribution in [0.1, 0.15) is 51.9 Å². The summed E-state index contributed by atoms with van der Waals surface area (Å²) in [6, 6.07) is 0.688. The second-order valence-corrected chi connectivity index (χ2v) is 6.32. The molecule has 3 fully saturated rings. The summed E-state index contributed by atoms with van der Waals surface area (Å²) in [6.45, 7) is 4.08. The number of piperidine rings is 1. The van der Waals surface area contributed by atoms with Crippen molar-refractivity contribution in [1.82, 2.24) is 4.90 Å². The molecule has 0 aromatic rings. The Bertz CT molecular complexity index is 312. The van der Waals surface area contributed by atoms with E-state index in [-0.39, 0.29) is 12.1 Å². The first-order valence-corrected chi connectivity index (χ1v) is 7.67. The Hall–Kier alpha value is -0.570. The minimum absolute atomic E-state index is 0.0869. The summed E-state index contributed by atoms with van der Waals surface area (Å²) < 4.78 is 5.63. The topological polar surface area (TPSA) is 29.5 Å². The lowest BCUT2D eigenvalue weighted by Gasteiger charge is -2.43. The van der Waals surface area contributed by atoms with Crippen molar-refractivity contribution in [2.75, 3.05) is 13.1 Å². The number of nitrogens with zero attached hydrogens (tertiary/aromatic N) is 1. The first kappa shape index (κ1) is 12.5. The fraction of sp³-hybridized carbons (Fsp3) is 0.933. The molecule has 102 valence electrons. The molecule has 0 aromatic carbocycles. The molecule has 4 atom stereocenters. The summed E-state index contributed by atoms with van der Waals surface area (Å²) >= 11 is 0. The lowest BCUT2D eigenvalue weighted by atomic mass is 9.80. The highest BCUT2D eigenvalue weighted by molar-refractivity contribution is 5.66. The maximum atomic E-state index is 11.3. The molecule has 3 nitrogen and oxygen atoms in total. The van der Waals surface area contributed by atoms with Crippen LogP contribution in [0.2, 0.25) is 0 Å². The van der Waals surface area contributed by atoms with Crippen LogP contribution in [0.25, 0.3) is 0 Å². The molecule has 1 heterocycles. The maximum Gasteiger partial charge on any atom is 0.302 e. The molecule has 0 amide bonds. The van der Waals surface area contributed by atoms with Gasteiger partial charge in [-0.15, -0.1) is 0 Å². The SMILES string of the molecule is CC(=O)O[C@@H]1[C@H]2CC[C@H]1[C@H](N1CCCCC1)CC2. The Morgan fingerprint density at radius 2 is 1.78 bits per heavy atom. The maximum absolute atomic E-state index is 11.3. The van der Waals surface area contributed by atoms with Crippen LogP contribution in [0.3, 0.4) is 0 Å². The van der Waals surface area contributed by atoms with E-state index in [1.165, 1.54) is 58.0 Å². The summed E-state index contributed by atoms with van der Waals surface area (Å²) in [5.41, 5.74) is 0. The average molecular weight is 251 g/mol. The van der Waals surface area contributed by atoms with Gasteiger partial charge in [0, 0.05) is 18.9 Å². The summed E-state index contributed by atoms with van der Waals surface area (Å²) in [5, 5.41) is 0. The number of fused-ring (bicyclic) bond motifs is 2. The Morgan fingerprint density at radius 3 is 2.50 bits per heavy atom. The number of likely N-dealkylation sites (tertiary alicyclic amines) is 1. The van der Waals surface area contributed by atoms with Crippen LogP contribution in [0, 0.1) is 11.8 Å². The number of carbonyl (C=O) groups is 1. The van der Waals surface area contributed by atoms with Gasteiger partial charge in [-0.2, -0.15) is 0 Å². The van der Waals surface area contributed by atoms with Crippen molar-refractivity contribution in [3.63, 3.8) is 0 Å². The Morgan fingerprint density at radius 1 is 1.06 bits per heavy atom. The van der Waals surface area contributed by atoms with E-state index in [2.05, 4.69) is 4.90 Å². The van der Waals surface area contributed by atoms with E-state index in [1.807, 2.05) is 0 Å².